The number of nitrogens with one attached hydrogen (secondary N) is 1. The molecule has 0 fully saturated rings. The summed E-state index contributed by atoms with van der Waals surface area (Å²) in [5.41, 5.74) is 1.90. The number of benzene rings is 2. The van der Waals surface area contributed by atoms with Crippen LogP contribution < -0.4 is 25.0 Å². The highest BCUT2D eigenvalue weighted by molar-refractivity contribution is 6.04. The van der Waals surface area contributed by atoms with Crippen molar-refractivity contribution >= 4 is 22.6 Å². The van der Waals surface area contributed by atoms with Gasteiger partial charge in [0.25, 0.3) is 11.8 Å². The Labute approximate surface area is 228 Å². The monoisotopic (exact) mass is 540 g/mol. The average molecular weight is 541 g/mol. The van der Waals surface area contributed by atoms with E-state index in [1.807, 2.05) is 6.92 Å². The Morgan fingerprint density at radius 3 is 2.40 bits per heavy atom. The lowest BCUT2D eigenvalue weighted by molar-refractivity contribution is 0.102. The molecule has 5 rings (SSSR count). The van der Waals surface area contributed by atoms with E-state index in [2.05, 4.69) is 15.3 Å². The molecule has 0 radical (unpaired) electrons. The van der Waals surface area contributed by atoms with E-state index in [1.165, 1.54) is 44.7 Å². The van der Waals surface area contributed by atoms with Crippen LogP contribution in [0.2, 0.25) is 0 Å². The summed E-state index contributed by atoms with van der Waals surface area (Å²) in [6.45, 7) is 2.44. The summed E-state index contributed by atoms with van der Waals surface area (Å²) in [6, 6.07) is 15.7. The first-order valence-corrected chi connectivity index (χ1v) is 12.4. The topological polar surface area (TPSA) is 105 Å². The predicted molar refractivity (Wildman–Crippen MR) is 149 cm³/mol. The second-order valence-corrected chi connectivity index (χ2v) is 8.71. The zero-order valence-corrected chi connectivity index (χ0v) is 22.0. The lowest BCUT2D eigenvalue weighted by Gasteiger charge is -2.12. The third kappa shape index (κ3) is 5.32. The van der Waals surface area contributed by atoms with E-state index < -0.39 is 17.2 Å². The van der Waals surface area contributed by atoms with Gasteiger partial charge in [-0.1, -0.05) is 12.1 Å². The number of aryl methyl sites for hydroxylation is 1. The van der Waals surface area contributed by atoms with Gasteiger partial charge in [-0.15, -0.1) is 0 Å². The van der Waals surface area contributed by atoms with E-state index in [9.17, 15) is 14.0 Å². The molecule has 3 aromatic heterocycles. The van der Waals surface area contributed by atoms with Gasteiger partial charge in [0.1, 0.15) is 22.6 Å². The van der Waals surface area contributed by atoms with Crippen molar-refractivity contribution in [2.24, 2.45) is 0 Å². The molecule has 0 aliphatic heterocycles. The van der Waals surface area contributed by atoms with E-state index in [1.54, 1.807) is 53.4 Å². The van der Waals surface area contributed by atoms with Gasteiger partial charge in [0.05, 0.1) is 19.7 Å². The maximum absolute atomic E-state index is 13.4. The highest BCUT2D eigenvalue weighted by Gasteiger charge is 2.17. The zero-order chi connectivity index (χ0) is 28.2. The van der Waals surface area contributed by atoms with Gasteiger partial charge in [-0.25, -0.2) is 9.37 Å². The van der Waals surface area contributed by atoms with Crippen molar-refractivity contribution in [2.45, 2.75) is 13.5 Å². The summed E-state index contributed by atoms with van der Waals surface area (Å²) in [6.07, 6.45) is 4.76. The van der Waals surface area contributed by atoms with Gasteiger partial charge in [-0.2, -0.15) is 0 Å². The van der Waals surface area contributed by atoms with Crippen molar-refractivity contribution < 1.29 is 23.4 Å². The minimum absolute atomic E-state index is 0.0253. The molecule has 1 amide bonds. The number of carbonyl (C=O) groups is 1. The number of methoxy groups -OCH3 is 2. The molecular weight excluding hydrogens is 515 g/mol. The number of halogens is 1. The number of ether oxygens (including phenoxy) is 3. The van der Waals surface area contributed by atoms with Crippen LogP contribution in [0.4, 0.5) is 10.1 Å². The molecule has 0 aliphatic rings. The first-order chi connectivity index (χ1) is 19.4. The number of pyridine rings is 3. The molecule has 9 nitrogen and oxygen atoms in total. The summed E-state index contributed by atoms with van der Waals surface area (Å²) in [5, 5.41) is 2.77. The molecule has 202 valence electrons. The standard InChI is InChI=1S/C30H25FN4O5/c1-4-35-16-22(18-5-7-19(31)8-6-18)28(36)23(17-35)29(37)33-20-9-11-21(12-10-20)40-25-13-14-32-24-15-26(38-2)30(39-3)34-27(24)25/h5-17H,4H2,1-3H3,(H,33,37). The molecule has 0 bridgehead atoms. The number of rotatable bonds is 8. The van der Waals surface area contributed by atoms with E-state index in [0.29, 0.717) is 57.5 Å². The zero-order valence-electron chi connectivity index (χ0n) is 22.0. The maximum Gasteiger partial charge on any atom is 0.261 e. The van der Waals surface area contributed by atoms with Gasteiger partial charge in [-0.05, 0) is 48.9 Å². The number of anilines is 1. The Balaban J connectivity index is 1.38. The fourth-order valence-corrected chi connectivity index (χ4v) is 4.13. The van der Waals surface area contributed by atoms with Crippen molar-refractivity contribution in [1.29, 1.82) is 0 Å². The lowest BCUT2D eigenvalue weighted by Crippen LogP contribution is -2.24. The molecule has 0 unspecified atom stereocenters. The van der Waals surface area contributed by atoms with Gasteiger partial charge >= 0.3 is 0 Å². The molecule has 0 saturated heterocycles. The van der Waals surface area contributed by atoms with Crippen LogP contribution in [0.15, 0.2) is 84.0 Å². The highest BCUT2D eigenvalue weighted by atomic mass is 19.1. The third-order valence-corrected chi connectivity index (χ3v) is 6.20. The summed E-state index contributed by atoms with van der Waals surface area (Å²) in [7, 11) is 3.02. The van der Waals surface area contributed by atoms with E-state index in [-0.39, 0.29) is 5.56 Å². The fourth-order valence-electron chi connectivity index (χ4n) is 4.13. The first kappa shape index (κ1) is 26.4. The van der Waals surface area contributed by atoms with Crippen molar-refractivity contribution in [1.82, 2.24) is 14.5 Å². The summed E-state index contributed by atoms with van der Waals surface area (Å²) < 4.78 is 31.8. The minimum Gasteiger partial charge on any atom is -0.491 e. The molecule has 0 atom stereocenters. The number of nitrogens with zero attached hydrogens (tertiary/aromatic N) is 3. The van der Waals surface area contributed by atoms with Crippen molar-refractivity contribution in [3.8, 4) is 34.3 Å². The first-order valence-electron chi connectivity index (χ1n) is 12.4. The lowest BCUT2D eigenvalue weighted by atomic mass is 10.0. The molecule has 0 aliphatic carbocycles. The minimum atomic E-state index is -0.560. The maximum atomic E-state index is 13.4. The summed E-state index contributed by atoms with van der Waals surface area (Å²) in [4.78, 5) is 35.1. The van der Waals surface area contributed by atoms with Crippen LogP contribution in [0.3, 0.4) is 0 Å². The molecule has 0 spiro atoms. The smallest absolute Gasteiger partial charge is 0.261 e. The van der Waals surface area contributed by atoms with Crippen LogP contribution in [-0.2, 0) is 6.54 Å². The number of hydrogen-bond donors (Lipinski definition) is 1. The van der Waals surface area contributed by atoms with Gasteiger partial charge in [0, 0.05) is 48.5 Å². The van der Waals surface area contributed by atoms with E-state index in [0.717, 1.165) is 0 Å². The Bertz CT molecular complexity index is 1750. The van der Waals surface area contributed by atoms with Crippen LogP contribution in [0.1, 0.15) is 17.3 Å². The second-order valence-electron chi connectivity index (χ2n) is 8.71. The molecule has 1 N–H and O–H groups in total. The quantitative estimate of drug-likeness (QED) is 0.270. The van der Waals surface area contributed by atoms with Crippen molar-refractivity contribution in [3.05, 3.63) is 101 Å². The van der Waals surface area contributed by atoms with Gasteiger partial charge in [-0.3, -0.25) is 14.6 Å². The Kier molecular flexibility index (Phi) is 7.41. The van der Waals surface area contributed by atoms with Crippen LogP contribution in [0.25, 0.3) is 22.2 Å². The molecule has 3 heterocycles. The number of hydrogen-bond acceptors (Lipinski definition) is 7. The molecule has 5 aromatic rings. The average Bonchev–Trinajstić information content (AvgIpc) is 2.98. The van der Waals surface area contributed by atoms with Gasteiger partial charge in [0.2, 0.25) is 5.43 Å². The Hall–Kier alpha value is -5.25. The molecule has 2 aromatic carbocycles. The van der Waals surface area contributed by atoms with E-state index in [4.69, 9.17) is 14.2 Å². The molecule has 10 heteroatoms. The predicted octanol–water partition coefficient (Wildman–Crippen LogP) is 5.68. The Morgan fingerprint density at radius 2 is 1.73 bits per heavy atom. The summed E-state index contributed by atoms with van der Waals surface area (Å²) >= 11 is 0. The van der Waals surface area contributed by atoms with Crippen LogP contribution in [0, 0.1) is 5.82 Å². The second kappa shape index (κ2) is 11.2. The van der Waals surface area contributed by atoms with Crippen molar-refractivity contribution in [3.63, 3.8) is 0 Å². The molecular formula is C30H25FN4O5. The molecule has 40 heavy (non-hydrogen) atoms. The van der Waals surface area contributed by atoms with Crippen LogP contribution >= 0.6 is 0 Å². The largest absolute Gasteiger partial charge is 0.491 e. The fraction of sp³-hybridized carbons (Fsp3) is 0.133. The van der Waals surface area contributed by atoms with Gasteiger partial charge < -0.3 is 24.1 Å². The number of carbonyl (C=O) groups excluding carboxylic acids is 1. The number of amides is 1. The van der Waals surface area contributed by atoms with Crippen LogP contribution in [-0.4, -0.2) is 34.7 Å². The highest BCUT2D eigenvalue weighted by Crippen LogP contribution is 2.34. The SMILES string of the molecule is CCn1cc(C(=O)Nc2ccc(Oc3ccnc4cc(OC)c(OC)nc34)cc2)c(=O)c(-c2ccc(F)cc2)c1. The number of aromatic nitrogens is 3. The van der Waals surface area contributed by atoms with Gasteiger partial charge in [0.15, 0.2) is 11.5 Å². The van der Waals surface area contributed by atoms with Crippen LogP contribution in [0.5, 0.6) is 23.1 Å². The Morgan fingerprint density at radius 1 is 0.975 bits per heavy atom. The molecule has 0 saturated carbocycles. The number of fused-ring (bicyclic) bond motifs is 1. The normalized spacial score (nSPS) is 10.8. The van der Waals surface area contributed by atoms with E-state index >= 15 is 0 Å². The third-order valence-electron chi connectivity index (χ3n) is 6.20. The van der Waals surface area contributed by atoms with Crippen molar-refractivity contribution in [2.75, 3.05) is 19.5 Å². The summed E-state index contributed by atoms with van der Waals surface area (Å²) in [5.74, 6) is 0.740.